The van der Waals surface area contributed by atoms with Crippen LogP contribution in [-0.4, -0.2) is 43.9 Å². The maximum Gasteiger partial charge on any atom is 0.237 e. The maximum absolute atomic E-state index is 12.0. The number of amides is 1. The van der Waals surface area contributed by atoms with Crippen LogP contribution in [-0.2, 0) is 11.3 Å². The van der Waals surface area contributed by atoms with Crippen LogP contribution in [0.15, 0.2) is 16.6 Å². The fourth-order valence-corrected chi connectivity index (χ4v) is 2.72. The molecule has 0 aromatic heterocycles. The summed E-state index contributed by atoms with van der Waals surface area (Å²) in [6.07, 6.45) is -0.00701. The van der Waals surface area contributed by atoms with E-state index in [1.54, 1.807) is 20.3 Å². The fourth-order valence-electron chi connectivity index (χ4n) is 2.25. The van der Waals surface area contributed by atoms with Gasteiger partial charge in [-0.2, -0.15) is 0 Å². The molecule has 1 fully saturated rings. The molecule has 21 heavy (non-hydrogen) atoms. The Morgan fingerprint density at radius 1 is 1.43 bits per heavy atom. The Kier molecular flexibility index (Phi) is 5.44. The van der Waals surface area contributed by atoms with Crippen molar-refractivity contribution in [3.8, 4) is 11.5 Å². The van der Waals surface area contributed by atoms with E-state index in [-0.39, 0.29) is 11.9 Å². The first-order chi connectivity index (χ1) is 10.0. The number of β-amino-alcohol motifs (C(OH)–C–C–N with tert-alkyl or cyclic N) is 1. The van der Waals surface area contributed by atoms with Crippen molar-refractivity contribution in [2.75, 3.05) is 20.8 Å². The summed E-state index contributed by atoms with van der Waals surface area (Å²) in [4.78, 5) is 12.0. The number of hydrogen-bond donors (Lipinski definition) is 3. The van der Waals surface area contributed by atoms with Crippen molar-refractivity contribution in [3.63, 3.8) is 0 Å². The number of methoxy groups -OCH3 is 2. The van der Waals surface area contributed by atoms with Gasteiger partial charge < -0.3 is 25.2 Å². The number of rotatable bonds is 5. The SMILES string of the molecule is COc1cc(Br)c(CNC(=O)C2CC(O)CN2)cc1OC. The summed E-state index contributed by atoms with van der Waals surface area (Å²) in [5.41, 5.74) is 0.888. The van der Waals surface area contributed by atoms with E-state index in [2.05, 4.69) is 26.6 Å². The number of carbonyl (C=O) groups is 1. The average Bonchev–Trinajstić information content (AvgIpc) is 2.91. The molecule has 1 heterocycles. The van der Waals surface area contributed by atoms with Crippen LogP contribution in [0.1, 0.15) is 12.0 Å². The highest BCUT2D eigenvalue weighted by atomic mass is 79.9. The molecule has 6 nitrogen and oxygen atoms in total. The third-order valence-electron chi connectivity index (χ3n) is 3.43. The molecule has 1 amide bonds. The second kappa shape index (κ2) is 7.11. The van der Waals surface area contributed by atoms with E-state index in [0.717, 1.165) is 10.0 Å². The number of aliphatic hydroxyl groups is 1. The van der Waals surface area contributed by atoms with Gasteiger partial charge in [0, 0.05) is 17.6 Å². The quantitative estimate of drug-likeness (QED) is 0.725. The minimum Gasteiger partial charge on any atom is -0.493 e. The molecule has 0 aliphatic carbocycles. The van der Waals surface area contributed by atoms with Crippen molar-refractivity contribution in [1.82, 2.24) is 10.6 Å². The van der Waals surface area contributed by atoms with E-state index in [9.17, 15) is 9.90 Å². The third kappa shape index (κ3) is 3.87. The Balaban J connectivity index is 2.01. The summed E-state index contributed by atoms with van der Waals surface area (Å²) in [7, 11) is 3.14. The Morgan fingerprint density at radius 2 is 2.10 bits per heavy atom. The van der Waals surface area contributed by atoms with Gasteiger partial charge in [0.1, 0.15) is 0 Å². The maximum atomic E-state index is 12.0. The van der Waals surface area contributed by atoms with Crippen molar-refractivity contribution in [1.29, 1.82) is 0 Å². The first-order valence-corrected chi connectivity index (χ1v) is 7.44. The second-order valence-electron chi connectivity index (χ2n) is 4.87. The molecule has 1 aromatic rings. The highest BCUT2D eigenvalue weighted by Gasteiger charge is 2.27. The number of hydrogen-bond acceptors (Lipinski definition) is 5. The molecule has 2 atom stereocenters. The van der Waals surface area contributed by atoms with Gasteiger partial charge in [0.05, 0.1) is 26.4 Å². The molecule has 1 aromatic carbocycles. The molecular weight excluding hydrogens is 340 g/mol. The number of halogens is 1. The second-order valence-corrected chi connectivity index (χ2v) is 5.72. The van der Waals surface area contributed by atoms with Crippen molar-refractivity contribution >= 4 is 21.8 Å². The van der Waals surface area contributed by atoms with Gasteiger partial charge >= 0.3 is 0 Å². The van der Waals surface area contributed by atoms with Crippen molar-refractivity contribution in [2.24, 2.45) is 0 Å². The molecule has 0 radical (unpaired) electrons. The van der Waals surface area contributed by atoms with Gasteiger partial charge in [-0.3, -0.25) is 4.79 Å². The Hall–Kier alpha value is -1.31. The molecule has 1 saturated heterocycles. The molecule has 7 heteroatoms. The summed E-state index contributed by atoms with van der Waals surface area (Å²) in [5, 5.41) is 15.3. The third-order valence-corrected chi connectivity index (χ3v) is 4.17. The van der Waals surface area contributed by atoms with E-state index >= 15 is 0 Å². The smallest absolute Gasteiger partial charge is 0.237 e. The molecule has 0 bridgehead atoms. The zero-order valence-electron chi connectivity index (χ0n) is 12.0. The first kappa shape index (κ1) is 16.1. The van der Waals surface area contributed by atoms with Crippen molar-refractivity contribution in [3.05, 3.63) is 22.2 Å². The van der Waals surface area contributed by atoms with Gasteiger partial charge in [0.15, 0.2) is 11.5 Å². The van der Waals surface area contributed by atoms with E-state index in [0.29, 0.717) is 31.0 Å². The Bertz CT molecular complexity index is 524. The normalized spacial score (nSPS) is 21.1. The molecule has 0 saturated carbocycles. The van der Waals surface area contributed by atoms with Crippen LogP contribution in [0.4, 0.5) is 0 Å². The molecule has 0 spiro atoms. The summed E-state index contributed by atoms with van der Waals surface area (Å²) >= 11 is 3.45. The van der Waals surface area contributed by atoms with Gasteiger partial charge in [-0.05, 0) is 24.1 Å². The van der Waals surface area contributed by atoms with Crippen LogP contribution < -0.4 is 20.1 Å². The predicted molar refractivity (Wildman–Crippen MR) is 81.5 cm³/mol. The van der Waals surface area contributed by atoms with Crippen molar-refractivity contribution < 1.29 is 19.4 Å². The lowest BCUT2D eigenvalue weighted by Crippen LogP contribution is -2.40. The Labute approximate surface area is 131 Å². The van der Waals surface area contributed by atoms with E-state index in [1.165, 1.54) is 0 Å². The largest absolute Gasteiger partial charge is 0.493 e. The highest BCUT2D eigenvalue weighted by Crippen LogP contribution is 2.33. The van der Waals surface area contributed by atoms with E-state index < -0.39 is 6.10 Å². The molecule has 116 valence electrons. The van der Waals surface area contributed by atoms with Gasteiger partial charge in [0.25, 0.3) is 0 Å². The van der Waals surface area contributed by atoms with Crippen LogP contribution in [0, 0.1) is 0 Å². The minimum absolute atomic E-state index is 0.117. The van der Waals surface area contributed by atoms with Crippen molar-refractivity contribution in [2.45, 2.75) is 25.1 Å². The van der Waals surface area contributed by atoms with E-state index in [4.69, 9.17) is 9.47 Å². The van der Waals surface area contributed by atoms with Gasteiger partial charge in [-0.1, -0.05) is 15.9 Å². The molecule has 1 aliphatic rings. The molecule has 1 aliphatic heterocycles. The van der Waals surface area contributed by atoms with Gasteiger partial charge in [-0.15, -0.1) is 0 Å². The van der Waals surface area contributed by atoms with Crippen LogP contribution in [0.2, 0.25) is 0 Å². The first-order valence-electron chi connectivity index (χ1n) is 6.64. The number of carbonyl (C=O) groups excluding carboxylic acids is 1. The fraction of sp³-hybridized carbons (Fsp3) is 0.500. The van der Waals surface area contributed by atoms with Crippen LogP contribution >= 0.6 is 15.9 Å². The zero-order valence-corrected chi connectivity index (χ0v) is 13.6. The summed E-state index contributed by atoms with van der Waals surface area (Å²) in [6, 6.07) is 3.29. The number of ether oxygens (including phenoxy) is 2. The predicted octanol–water partition coefficient (Wildman–Crippen LogP) is 0.805. The highest BCUT2D eigenvalue weighted by molar-refractivity contribution is 9.10. The molecule has 3 N–H and O–H groups in total. The van der Waals surface area contributed by atoms with Crippen LogP contribution in [0.3, 0.4) is 0 Å². The lowest BCUT2D eigenvalue weighted by atomic mass is 10.1. The minimum atomic E-state index is -0.450. The van der Waals surface area contributed by atoms with E-state index in [1.807, 2.05) is 6.07 Å². The summed E-state index contributed by atoms with van der Waals surface area (Å²) in [6.45, 7) is 0.826. The standard InChI is InChI=1S/C14H19BrN2O4/c1-20-12-3-8(10(15)5-13(12)21-2)6-17-14(19)11-4-9(18)7-16-11/h3,5,9,11,16,18H,4,6-7H2,1-2H3,(H,17,19). The van der Waals surface area contributed by atoms with Crippen LogP contribution in [0.5, 0.6) is 11.5 Å². The summed E-state index contributed by atoms with van der Waals surface area (Å²) in [5.74, 6) is 1.12. The molecule has 2 rings (SSSR count). The molecule has 2 unspecified atom stereocenters. The zero-order chi connectivity index (χ0) is 15.4. The topological polar surface area (TPSA) is 79.8 Å². The Morgan fingerprint density at radius 3 is 2.67 bits per heavy atom. The molecular formula is C14H19BrN2O4. The number of benzene rings is 1. The van der Waals surface area contributed by atoms with Crippen LogP contribution in [0.25, 0.3) is 0 Å². The average molecular weight is 359 g/mol. The summed E-state index contributed by atoms with van der Waals surface area (Å²) < 4.78 is 11.3. The number of nitrogens with one attached hydrogen (secondary N) is 2. The monoisotopic (exact) mass is 358 g/mol. The van der Waals surface area contributed by atoms with Gasteiger partial charge in [0.2, 0.25) is 5.91 Å². The lowest BCUT2D eigenvalue weighted by molar-refractivity contribution is -0.123. The lowest BCUT2D eigenvalue weighted by Gasteiger charge is -2.14. The number of aliphatic hydroxyl groups excluding tert-OH is 1. The van der Waals surface area contributed by atoms with Gasteiger partial charge in [-0.25, -0.2) is 0 Å².